The van der Waals surface area contributed by atoms with Crippen molar-refractivity contribution in [1.82, 2.24) is 15.1 Å². The third kappa shape index (κ3) is 3.87. The molecule has 2 saturated heterocycles. The molecule has 0 unspecified atom stereocenters. The lowest BCUT2D eigenvalue weighted by atomic mass is 10.2. The molecule has 6 nitrogen and oxygen atoms in total. The van der Waals surface area contributed by atoms with E-state index in [0.717, 1.165) is 4.88 Å². The number of carbonyl (C=O) groups excluding carboxylic acids is 2. The molecule has 3 heterocycles. The smallest absolute Gasteiger partial charge is 0.317 e. The second-order valence-electron chi connectivity index (χ2n) is 6.14. The van der Waals surface area contributed by atoms with Gasteiger partial charge in [0.05, 0.1) is 30.7 Å². The van der Waals surface area contributed by atoms with Gasteiger partial charge in [0.15, 0.2) is 0 Å². The van der Waals surface area contributed by atoms with Gasteiger partial charge in [-0.25, -0.2) is 9.18 Å². The largest absolute Gasteiger partial charge is 0.378 e. The number of aryl methyl sites for hydroxylation is 1. The van der Waals surface area contributed by atoms with Crippen LogP contribution >= 0.6 is 11.3 Å². The molecule has 132 valence electrons. The minimum Gasteiger partial charge on any atom is -0.378 e. The van der Waals surface area contributed by atoms with Crippen LogP contribution in [0.4, 0.5) is 9.18 Å². The van der Waals surface area contributed by atoms with Crippen LogP contribution in [-0.2, 0) is 4.74 Å². The van der Waals surface area contributed by atoms with Crippen molar-refractivity contribution in [2.24, 2.45) is 0 Å². The van der Waals surface area contributed by atoms with Gasteiger partial charge < -0.3 is 19.9 Å². The average molecular weight is 355 g/mol. The van der Waals surface area contributed by atoms with Gasteiger partial charge in [0.2, 0.25) is 0 Å². The zero-order valence-electron chi connectivity index (χ0n) is 13.7. The summed E-state index contributed by atoms with van der Waals surface area (Å²) in [6, 6.07) is 3.17. The molecule has 2 fully saturated rings. The number of urea groups is 1. The molecule has 8 heteroatoms. The first-order valence-electron chi connectivity index (χ1n) is 8.16. The van der Waals surface area contributed by atoms with Gasteiger partial charge in [-0.2, -0.15) is 0 Å². The summed E-state index contributed by atoms with van der Waals surface area (Å²) in [6.07, 6.45) is -0.778. The number of hydrogen-bond acceptors (Lipinski definition) is 4. The number of halogens is 1. The second kappa shape index (κ2) is 7.48. The SMILES string of the molecule is Cc1ccc(C(=O)N2C[C@@H](F)C[C@H]2CNC(=O)N2CCOCC2)s1. The maximum atomic E-state index is 13.9. The number of likely N-dealkylation sites (tertiary alicyclic amines) is 1. The number of hydrogen-bond donors (Lipinski definition) is 1. The highest BCUT2D eigenvalue weighted by Gasteiger charge is 2.36. The van der Waals surface area contributed by atoms with E-state index in [0.29, 0.717) is 31.2 Å². The highest BCUT2D eigenvalue weighted by molar-refractivity contribution is 7.13. The van der Waals surface area contributed by atoms with E-state index in [4.69, 9.17) is 4.74 Å². The fourth-order valence-corrected chi connectivity index (χ4v) is 3.90. The minimum atomic E-state index is -1.04. The van der Waals surface area contributed by atoms with Gasteiger partial charge in [0, 0.05) is 30.9 Å². The summed E-state index contributed by atoms with van der Waals surface area (Å²) >= 11 is 1.41. The normalized spacial score (nSPS) is 24.2. The molecule has 0 aliphatic carbocycles. The van der Waals surface area contributed by atoms with Crippen LogP contribution in [0, 0.1) is 6.92 Å². The lowest BCUT2D eigenvalue weighted by molar-refractivity contribution is 0.0525. The van der Waals surface area contributed by atoms with Crippen LogP contribution in [0.25, 0.3) is 0 Å². The van der Waals surface area contributed by atoms with E-state index >= 15 is 0 Å². The van der Waals surface area contributed by atoms with Crippen LogP contribution in [0.3, 0.4) is 0 Å². The average Bonchev–Trinajstić information content (AvgIpc) is 3.18. The van der Waals surface area contributed by atoms with Crippen LogP contribution in [0.1, 0.15) is 21.0 Å². The van der Waals surface area contributed by atoms with Crippen molar-refractivity contribution < 1.29 is 18.7 Å². The predicted octanol–water partition coefficient (Wildman–Crippen LogP) is 1.65. The minimum absolute atomic E-state index is 0.0911. The number of nitrogens with zero attached hydrogens (tertiary/aromatic N) is 2. The Morgan fingerprint density at radius 1 is 1.38 bits per heavy atom. The van der Waals surface area contributed by atoms with E-state index in [-0.39, 0.29) is 37.5 Å². The zero-order valence-corrected chi connectivity index (χ0v) is 14.5. The Balaban J connectivity index is 1.58. The van der Waals surface area contributed by atoms with Crippen molar-refractivity contribution in [3.63, 3.8) is 0 Å². The molecule has 1 aromatic rings. The van der Waals surface area contributed by atoms with Gasteiger partial charge in [0.25, 0.3) is 5.91 Å². The summed E-state index contributed by atoms with van der Waals surface area (Å²) in [5.74, 6) is -0.154. The molecule has 2 aliphatic rings. The summed E-state index contributed by atoms with van der Waals surface area (Å²) in [6.45, 7) is 4.47. The van der Waals surface area contributed by atoms with Crippen molar-refractivity contribution in [3.8, 4) is 0 Å². The Bertz CT molecular complexity index is 603. The fraction of sp³-hybridized carbons (Fsp3) is 0.625. The first-order chi connectivity index (χ1) is 11.5. The van der Waals surface area contributed by atoms with Gasteiger partial charge in [-0.15, -0.1) is 11.3 Å². The van der Waals surface area contributed by atoms with E-state index in [1.54, 1.807) is 15.9 Å². The number of carbonyl (C=O) groups is 2. The maximum Gasteiger partial charge on any atom is 0.317 e. The van der Waals surface area contributed by atoms with Gasteiger partial charge in [-0.1, -0.05) is 0 Å². The summed E-state index contributed by atoms with van der Waals surface area (Å²) < 4.78 is 19.1. The number of amides is 3. The Morgan fingerprint density at radius 3 is 2.79 bits per heavy atom. The molecule has 0 bridgehead atoms. The van der Waals surface area contributed by atoms with Crippen molar-refractivity contribution in [2.45, 2.75) is 25.6 Å². The fourth-order valence-electron chi connectivity index (χ4n) is 3.08. The molecule has 3 amide bonds. The molecule has 1 aromatic heterocycles. The number of rotatable bonds is 3. The predicted molar refractivity (Wildman–Crippen MR) is 89.2 cm³/mol. The summed E-state index contributed by atoms with van der Waals surface area (Å²) in [7, 11) is 0. The molecule has 2 atom stereocenters. The number of thiophene rings is 1. The van der Waals surface area contributed by atoms with Gasteiger partial charge in [-0.3, -0.25) is 4.79 Å². The number of morpholine rings is 1. The first kappa shape index (κ1) is 17.2. The quantitative estimate of drug-likeness (QED) is 0.897. The lowest BCUT2D eigenvalue weighted by Crippen LogP contribution is -2.50. The third-order valence-electron chi connectivity index (χ3n) is 4.36. The molecule has 1 N–H and O–H groups in total. The topological polar surface area (TPSA) is 61.9 Å². The van der Waals surface area contributed by atoms with Crippen LogP contribution in [0.15, 0.2) is 12.1 Å². The van der Waals surface area contributed by atoms with Gasteiger partial charge in [-0.05, 0) is 19.1 Å². The van der Waals surface area contributed by atoms with Gasteiger partial charge >= 0.3 is 6.03 Å². The molecular weight excluding hydrogens is 333 g/mol. The molecule has 24 heavy (non-hydrogen) atoms. The zero-order chi connectivity index (χ0) is 17.1. The molecule has 2 aliphatic heterocycles. The highest BCUT2D eigenvalue weighted by atomic mass is 32.1. The van der Waals surface area contributed by atoms with Crippen LogP contribution in [0.5, 0.6) is 0 Å². The summed E-state index contributed by atoms with van der Waals surface area (Å²) in [5.41, 5.74) is 0. The third-order valence-corrected chi connectivity index (χ3v) is 5.35. The van der Waals surface area contributed by atoms with Crippen molar-refractivity contribution in [2.75, 3.05) is 39.4 Å². The second-order valence-corrected chi connectivity index (χ2v) is 7.43. The molecule has 0 saturated carbocycles. The Kier molecular flexibility index (Phi) is 5.35. The van der Waals surface area contributed by atoms with E-state index < -0.39 is 6.17 Å². The number of alkyl halides is 1. The number of nitrogens with one attached hydrogen (secondary N) is 1. The Morgan fingerprint density at radius 2 is 2.12 bits per heavy atom. The molecular formula is C16H22FN3O3S. The summed E-state index contributed by atoms with van der Waals surface area (Å²) in [4.78, 5) is 29.6. The Hall–Kier alpha value is -1.67. The molecule has 0 spiro atoms. The van der Waals surface area contributed by atoms with Gasteiger partial charge in [0.1, 0.15) is 6.17 Å². The van der Waals surface area contributed by atoms with Crippen LogP contribution in [0.2, 0.25) is 0 Å². The monoisotopic (exact) mass is 355 g/mol. The number of ether oxygens (including phenoxy) is 1. The van der Waals surface area contributed by atoms with E-state index in [1.165, 1.54) is 11.3 Å². The van der Waals surface area contributed by atoms with Crippen molar-refractivity contribution in [3.05, 3.63) is 21.9 Å². The van der Waals surface area contributed by atoms with Crippen molar-refractivity contribution >= 4 is 23.3 Å². The molecule has 0 aromatic carbocycles. The van der Waals surface area contributed by atoms with E-state index in [2.05, 4.69) is 5.32 Å². The van der Waals surface area contributed by atoms with Crippen LogP contribution < -0.4 is 5.32 Å². The Labute approximate surface area is 144 Å². The van der Waals surface area contributed by atoms with E-state index in [9.17, 15) is 14.0 Å². The standard InChI is InChI=1S/C16H22FN3O3S/c1-11-2-3-14(24-11)15(21)20-10-12(17)8-13(20)9-18-16(22)19-4-6-23-7-5-19/h2-3,12-13H,4-10H2,1H3,(H,18,22)/t12-,13-/m0/s1. The van der Waals surface area contributed by atoms with Crippen molar-refractivity contribution in [1.29, 1.82) is 0 Å². The van der Waals surface area contributed by atoms with Crippen LogP contribution in [-0.4, -0.2) is 73.3 Å². The molecule has 3 rings (SSSR count). The summed E-state index contributed by atoms with van der Waals surface area (Å²) in [5, 5.41) is 2.83. The molecule has 0 radical (unpaired) electrons. The highest BCUT2D eigenvalue weighted by Crippen LogP contribution is 2.25. The first-order valence-corrected chi connectivity index (χ1v) is 8.98. The maximum absolute atomic E-state index is 13.9. The lowest BCUT2D eigenvalue weighted by Gasteiger charge is -2.29. The van der Waals surface area contributed by atoms with E-state index in [1.807, 2.05) is 13.0 Å².